The number of amides is 2. The van der Waals surface area contributed by atoms with E-state index < -0.39 is 17.8 Å². The molecule has 1 heterocycles. The summed E-state index contributed by atoms with van der Waals surface area (Å²) in [4.78, 5) is 35.0. The van der Waals surface area contributed by atoms with Gasteiger partial charge in [0.25, 0.3) is 0 Å². The molecule has 0 aliphatic carbocycles. The van der Waals surface area contributed by atoms with Gasteiger partial charge in [0.2, 0.25) is 11.8 Å². The fourth-order valence-electron chi connectivity index (χ4n) is 1.29. The van der Waals surface area contributed by atoms with Crippen molar-refractivity contribution in [3.8, 4) is 0 Å². The number of benzene rings is 1. The Balaban J connectivity index is 0.000000219. The lowest BCUT2D eigenvalue weighted by Crippen LogP contribution is -2.10. The highest BCUT2D eigenvalue weighted by atomic mass is 16.4. The predicted molar refractivity (Wildman–Crippen MR) is 74.7 cm³/mol. The predicted octanol–water partition coefficient (Wildman–Crippen LogP) is 0.664. The lowest BCUT2D eigenvalue weighted by atomic mass is 10.1. The Labute approximate surface area is 120 Å². The minimum atomic E-state index is -1.02. The third kappa shape index (κ3) is 5.11. The molecule has 5 N–H and O–H groups in total. The van der Waals surface area contributed by atoms with Gasteiger partial charge in [0.15, 0.2) is 0 Å². The number of aromatic carboxylic acids is 1. The maximum atomic E-state index is 10.6. The maximum Gasteiger partial charge on any atom is 0.335 e. The van der Waals surface area contributed by atoms with Crippen molar-refractivity contribution in [1.29, 1.82) is 0 Å². The molecule has 1 aromatic heterocycles. The number of carbonyl (C=O) groups is 3. The summed E-state index contributed by atoms with van der Waals surface area (Å²) in [5, 5.41) is 8.50. The van der Waals surface area contributed by atoms with Gasteiger partial charge in [-0.1, -0.05) is 0 Å². The Morgan fingerprint density at radius 2 is 1.38 bits per heavy atom. The summed E-state index contributed by atoms with van der Waals surface area (Å²) in [6.07, 6.45) is 3.02. The van der Waals surface area contributed by atoms with Gasteiger partial charge in [-0.3, -0.25) is 14.6 Å². The maximum absolute atomic E-state index is 10.6. The van der Waals surface area contributed by atoms with Crippen molar-refractivity contribution in [2.75, 3.05) is 0 Å². The lowest BCUT2D eigenvalue weighted by molar-refractivity contribution is 0.0696. The van der Waals surface area contributed by atoms with E-state index in [-0.39, 0.29) is 5.56 Å². The van der Waals surface area contributed by atoms with Crippen LogP contribution in [0.3, 0.4) is 0 Å². The number of carboxylic acids is 1. The van der Waals surface area contributed by atoms with Crippen molar-refractivity contribution < 1.29 is 19.5 Å². The van der Waals surface area contributed by atoms with Crippen LogP contribution < -0.4 is 11.5 Å². The van der Waals surface area contributed by atoms with Crippen LogP contribution in [0.2, 0.25) is 0 Å². The summed E-state index contributed by atoms with van der Waals surface area (Å²) in [6.45, 7) is 0. The van der Waals surface area contributed by atoms with E-state index in [9.17, 15) is 14.4 Å². The number of primary amides is 2. The molecule has 0 aliphatic rings. The number of carbonyl (C=O) groups excluding carboxylic acids is 2. The second kappa shape index (κ2) is 7.39. The number of carboxylic acid groups (broad SMARTS) is 1. The SMILES string of the molecule is NC(=O)c1ccc(C(=O)O)cc1.NC(=O)c1cccnc1. The zero-order chi connectivity index (χ0) is 15.8. The number of hydrogen-bond donors (Lipinski definition) is 3. The van der Waals surface area contributed by atoms with Crippen LogP contribution in [-0.2, 0) is 0 Å². The van der Waals surface area contributed by atoms with E-state index in [2.05, 4.69) is 4.98 Å². The fourth-order valence-corrected chi connectivity index (χ4v) is 1.29. The largest absolute Gasteiger partial charge is 0.478 e. The van der Waals surface area contributed by atoms with Crippen LogP contribution in [0.4, 0.5) is 0 Å². The van der Waals surface area contributed by atoms with Gasteiger partial charge in [0, 0.05) is 18.0 Å². The van der Waals surface area contributed by atoms with Crippen LogP contribution >= 0.6 is 0 Å². The Bertz CT molecular complexity index is 606. The molecule has 7 nitrogen and oxygen atoms in total. The summed E-state index contributed by atoms with van der Waals surface area (Å²) >= 11 is 0. The quantitative estimate of drug-likeness (QED) is 0.761. The minimum Gasteiger partial charge on any atom is -0.478 e. The summed E-state index contributed by atoms with van der Waals surface area (Å²) in [5.74, 6) is -2.03. The minimum absolute atomic E-state index is 0.139. The molecule has 0 aliphatic heterocycles. The van der Waals surface area contributed by atoms with Gasteiger partial charge in [-0.15, -0.1) is 0 Å². The first-order chi connectivity index (χ1) is 9.91. The normalized spacial score (nSPS) is 9.14. The van der Waals surface area contributed by atoms with Crippen molar-refractivity contribution >= 4 is 17.8 Å². The van der Waals surface area contributed by atoms with Crippen LogP contribution in [0.15, 0.2) is 48.8 Å². The zero-order valence-corrected chi connectivity index (χ0v) is 10.9. The number of hydrogen-bond acceptors (Lipinski definition) is 4. The molecule has 0 bridgehead atoms. The molecule has 0 atom stereocenters. The molecule has 21 heavy (non-hydrogen) atoms. The second-order valence-corrected chi connectivity index (χ2v) is 3.85. The van der Waals surface area contributed by atoms with Gasteiger partial charge >= 0.3 is 5.97 Å². The molecule has 0 saturated heterocycles. The van der Waals surface area contributed by atoms with Crippen molar-refractivity contribution in [2.24, 2.45) is 11.5 Å². The third-order valence-corrected chi connectivity index (χ3v) is 2.36. The third-order valence-electron chi connectivity index (χ3n) is 2.36. The van der Waals surface area contributed by atoms with Crippen molar-refractivity contribution in [3.05, 3.63) is 65.5 Å². The molecule has 1 aromatic carbocycles. The zero-order valence-electron chi connectivity index (χ0n) is 10.9. The van der Waals surface area contributed by atoms with E-state index >= 15 is 0 Å². The number of nitrogens with two attached hydrogens (primary N) is 2. The van der Waals surface area contributed by atoms with Crippen LogP contribution in [0.5, 0.6) is 0 Å². The van der Waals surface area contributed by atoms with Crippen LogP contribution in [-0.4, -0.2) is 27.9 Å². The van der Waals surface area contributed by atoms with E-state index in [1.807, 2.05) is 0 Å². The highest BCUT2D eigenvalue weighted by Gasteiger charge is 2.03. The molecule has 2 amide bonds. The number of pyridine rings is 1. The first-order valence-electron chi connectivity index (χ1n) is 5.75. The molecular weight excluding hydrogens is 274 g/mol. The second-order valence-electron chi connectivity index (χ2n) is 3.85. The highest BCUT2D eigenvalue weighted by Crippen LogP contribution is 2.03. The molecule has 0 saturated carbocycles. The molecule has 0 radical (unpaired) electrons. The highest BCUT2D eigenvalue weighted by molar-refractivity contribution is 5.94. The van der Waals surface area contributed by atoms with Gasteiger partial charge in [-0.25, -0.2) is 4.79 Å². The Morgan fingerprint density at radius 1 is 0.857 bits per heavy atom. The van der Waals surface area contributed by atoms with E-state index in [4.69, 9.17) is 16.6 Å². The Hall–Kier alpha value is -3.22. The van der Waals surface area contributed by atoms with Crippen molar-refractivity contribution in [2.45, 2.75) is 0 Å². The fraction of sp³-hybridized carbons (Fsp3) is 0. The molecule has 0 spiro atoms. The molecule has 7 heteroatoms. The van der Waals surface area contributed by atoms with Gasteiger partial charge in [-0.2, -0.15) is 0 Å². The summed E-state index contributed by atoms with van der Waals surface area (Å²) in [6, 6.07) is 8.72. The molecule has 2 aromatic rings. The summed E-state index contributed by atoms with van der Waals surface area (Å²) in [5.41, 5.74) is 10.8. The Kier molecular flexibility index (Phi) is 5.57. The van der Waals surface area contributed by atoms with E-state index in [0.717, 1.165) is 0 Å². The van der Waals surface area contributed by atoms with Crippen molar-refractivity contribution in [1.82, 2.24) is 4.98 Å². The van der Waals surface area contributed by atoms with Crippen LogP contribution in [0, 0.1) is 0 Å². The molecular formula is C14H13N3O4. The van der Waals surface area contributed by atoms with Gasteiger partial charge < -0.3 is 16.6 Å². The number of rotatable bonds is 3. The number of nitrogens with zero attached hydrogens (tertiary/aromatic N) is 1. The first kappa shape index (κ1) is 15.8. The molecule has 0 unspecified atom stereocenters. The van der Waals surface area contributed by atoms with Gasteiger partial charge in [0.1, 0.15) is 0 Å². The monoisotopic (exact) mass is 287 g/mol. The smallest absolute Gasteiger partial charge is 0.335 e. The summed E-state index contributed by atoms with van der Waals surface area (Å²) < 4.78 is 0. The molecule has 108 valence electrons. The Morgan fingerprint density at radius 3 is 1.71 bits per heavy atom. The van der Waals surface area contributed by atoms with Crippen LogP contribution in [0.25, 0.3) is 0 Å². The summed E-state index contributed by atoms with van der Waals surface area (Å²) in [7, 11) is 0. The van der Waals surface area contributed by atoms with E-state index in [0.29, 0.717) is 11.1 Å². The van der Waals surface area contributed by atoms with Gasteiger partial charge in [0.05, 0.1) is 11.1 Å². The molecule has 0 fully saturated rings. The topological polar surface area (TPSA) is 136 Å². The molecule has 2 rings (SSSR count). The van der Waals surface area contributed by atoms with Gasteiger partial charge in [-0.05, 0) is 36.4 Å². The lowest BCUT2D eigenvalue weighted by Gasteiger charge is -1.95. The standard InChI is InChI=1S/C8H7NO3.C6H6N2O/c9-7(10)5-1-3-6(4-2-5)8(11)12;7-6(9)5-2-1-3-8-4-5/h1-4H,(H2,9,10)(H,11,12);1-4H,(H2,7,9). The van der Waals surface area contributed by atoms with Crippen molar-refractivity contribution in [3.63, 3.8) is 0 Å². The first-order valence-corrected chi connectivity index (χ1v) is 5.75. The average Bonchev–Trinajstić information content (AvgIpc) is 2.49. The average molecular weight is 287 g/mol. The number of aromatic nitrogens is 1. The van der Waals surface area contributed by atoms with Crippen LogP contribution in [0.1, 0.15) is 31.1 Å². The van der Waals surface area contributed by atoms with E-state index in [1.165, 1.54) is 30.5 Å². The van der Waals surface area contributed by atoms with E-state index in [1.54, 1.807) is 18.3 Å².